The fourth-order valence-electron chi connectivity index (χ4n) is 1.55. The smallest absolute Gasteiger partial charge is 0.238 e. The molecule has 4 amide bonds. The Hall–Kier alpha value is -2.20. The third-order valence-corrected chi connectivity index (χ3v) is 2.78. The Morgan fingerprint density at radius 2 is 0.818 bits per heavy atom. The second-order valence-electron chi connectivity index (χ2n) is 4.65. The van der Waals surface area contributed by atoms with Crippen LogP contribution in [0.2, 0.25) is 0 Å². The van der Waals surface area contributed by atoms with Gasteiger partial charge in [-0.25, -0.2) is 11.7 Å². The molecule has 0 spiro atoms. The molecule has 22 heavy (non-hydrogen) atoms. The molecule has 0 saturated heterocycles. The first-order chi connectivity index (χ1) is 10.5. The molecule has 10 heteroatoms. The first-order valence-corrected chi connectivity index (χ1v) is 7.06. The van der Waals surface area contributed by atoms with E-state index in [2.05, 4.69) is 10.9 Å². The molecule has 0 aromatic heterocycles. The van der Waals surface area contributed by atoms with Gasteiger partial charge in [-0.2, -0.15) is 0 Å². The number of nitrogens with two attached hydrogens (primary N) is 2. The monoisotopic (exact) mass is 316 g/mol. The minimum absolute atomic E-state index is 0.203. The van der Waals surface area contributed by atoms with Crippen molar-refractivity contribution in [2.75, 3.05) is 0 Å². The minimum atomic E-state index is -0.330. The number of amides is 4. The summed E-state index contributed by atoms with van der Waals surface area (Å²) in [6.07, 6.45) is 3.02. The molecular formula is C12H24N6O4. The molecule has 0 aliphatic heterocycles. The number of carbonyl (C=O) groups excluding carboxylic acids is 4. The summed E-state index contributed by atoms with van der Waals surface area (Å²) in [6.45, 7) is 0. The second kappa shape index (κ2) is 12.5. The SMILES string of the molecule is NNC(=O)CCCCC(=O)NNC(=O)CCCCC(=O)NN. The normalized spacial score (nSPS) is 9.73. The van der Waals surface area contributed by atoms with Crippen LogP contribution in [0.15, 0.2) is 0 Å². The van der Waals surface area contributed by atoms with Gasteiger partial charge in [0.15, 0.2) is 0 Å². The zero-order valence-corrected chi connectivity index (χ0v) is 12.4. The maximum absolute atomic E-state index is 11.4. The molecular weight excluding hydrogens is 292 g/mol. The van der Waals surface area contributed by atoms with Crippen LogP contribution in [0.4, 0.5) is 0 Å². The Morgan fingerprint density at radius 1 is 0.545 bits per heavy atom. The lowest BCUT2D eigenvalue weighted by molar-refractivity contribution is -0.129. The number of rotatable bonds is 10. The standard InChI is InChI=1S/C12H24N6O4/c13-15-9(19)5-1-3-7-11(21)17-18-12(22)8-4-2-6-10(20)16-14/h1-8,13-14H2,(H,15,19)(H,16,20)(H,17,21)(H,18,22). The topological polar surface area (TPSA) is 168 Å². The van der Waals surface area contributed by atoms with Gasteiger partial charge in [0.1, 0.15) is 0 Å². The van der Waals surface area contributed by atoms with Crippen molar-refractivity contribution >= 4 is 23.6 Å². The van der Waals surface area contributed by atoms with E-state index in [1.165, 1.54) is 0 Å². The Kier molecular flexibility index (Phi) is 11.3. The highest BCUT2D eigenvalue weighted by molar-refractivity contribution is 5.82. The molecule has 0 aliphatic rings. The first-order valence-electron chi connectivity index (χ1n) is 7.06. The fraction of sp³-hybridized carbons (Fsp3) is 0.667. The Balaban J connectivity index is 3.54. The van der Waals surface area contributed by atoms with Crippen LogP contribution < -0.4 is 33.4 Å². The first kappa shape index (κ1) is 19.8. The van der Waals surface area contributed by atoms with Crippen molar-refractivity contribution in [2.45, 2.75) is 51.4 Å². The van der Waals surface area contributed by atoms with E-state index in [-0.39, 0.29) is 49.3 Å². The Bertz CT molecular complexity index is 352. The summed E-state index contributed by atoms with van der Waals surface area (Å²) in [7, 11) is 0. The molecule has 0 rings (SSSR count). The number of unbranched alkanes of at least 4 members (excludes halogenated alkanes) is 2. The highest BCUT2D eigenvalue weighted by Gasteiger charge is 2.06. The summed E-state index contributed by atoms with van der Waals surface area (Å²) in [5, 5.41) is 0. The van der Waals surface area contributed by atoms with Gasteiger partial charge in [-0.3, -0.25) is 40.9 Å². The van der Waals surface area contributed by atoms with Crippen LogP contribution in [0.1, 0.15) is 51.4 Å². The number of hydrogen-bond acceptors (Lipinski definition) is 6. The summed E-state index contributed by atoms with van der Waals surface area (Å²) < 4.78 is 0. The summed E-state index contributed by atoms with van der Waals surface area (Å²) in [5.74, 6) is 8.61. The lowest BCUT2D eigenvalue weighted by atomic mass is 10.2. The van der Waals surface area contributed by atoms with Gasteiger partial charge >= 0.3 is 0 Å². The van der Waals surface area contributed by atoms with Gasteiger partial charge in [0.25, 0.3) is 0 Å². The molecule has 0 aromatic carbocycles. The molecule has 0 saturated carbocycles. The van der Waals surface area contributed by atoms with Crippen LogP contribution in [-0.4, -0.2) is 23.6 Å². The molecule has 126 valence electrons. The average molecular weight is 316 g/mol. The molecule has 10 nitrogen and oxygen atoms in total. The van der Waals surface area contributed by atoms with Gasteiger partial charge in [0.2, 0.25) is 23.6 Å². The van der Waals surface area contributed by atoms with Gasteiger partial charge in [-0.15, -0.1) is 0 Å². The predicted molar refractivity (Wildman–Crippen MR) is 77.9 cm³/mol. The lowest BCUT2D eigenvalue weighted by Crippen LogP contribution is -2.41. The van der Waals surface area contributed by atoms with Crippen LogP contribution in [0, 0.1) is 0 Å². The Labute approximate surface area is 128 Å². The van der Waals surface area contributed by atoms with Gasteiger partial charge in [-0.1, -0.05) is 0 Å². The number of nitrogens with one attached hydrogen (secondary N) is 4. The third kappa shape index (κ3) is 11.6. The van der Waals surface area contributed by atoms with E-state index in [0.29, 0.717) is 25.7 Å². The highest BCUT2D eigenvalue weighted by Crippen LogP contribution is 2.00. The van der Waals surface area contributed by atoms with Gasteiger partial charge in [0, 0.05) is 25.7 Å². The molecule has 8 N–H and O–H groups in total. The number of hydrogen-bond donors (Lipinski definition) is 6. The van der Waals surface area contributed by atoms with E-state index in [9.17, 15) is 19.2 Å². The molecule has 0 heterocycles. The lowest BCUT2D eigenvalue weighted by Gasteiger charge is -2.07. The van der Waals surface area contributed by atoms with E-state index in [1.54, 1.807) is 0 Å². The molecule has 0 fully saturated rings. The summed E-state index contributed by atoms with van der Waals surface area (Å²) in [4.78, 5) is 44.5. The largest absolute Gasteiger partial charge is 0.294 e. The van der Waals surface area contributed by atoms with Crippen molar-refractivity contribution in [3.8, 4) is 0 Å². The van der Waals surface area contributed by atoms with E-state index in [0.717, 1.165) is 0 Å². The maximum Gasteiger partial charge on any atom is 0.238 e. The van der Waals surface area contributed by atoms with E-state index in [1.807, 2.05) is 10.9 Å². The van der Waals surface area contributed by atoms with Crippen LogP contribution in [0.5, 0.6) is 0 Å². The van der Waals surface area contributed by atoms with Crippen LogP contribution >= 0.6 is 0 Å². The minimum Gasteiger partial charge on any atom is -0.294 e. The Morgan fingerprint density at radius 3 is 1.09 bits per heavy atom. The van der Waals surface area contributed by atoms with Gasteiger partial charge in [0.05, 0.1) is 0 Å². The van der Waals surface area contributed by atoms with E-state index >= 15 is 0 Å². The molecule has 0 aromatic rings. The van der Waals surface area contributed by atoms with Crippen molar-refractivity contribution in [3.05, 3.63) is 0 Å². The summed E-state index contributed by atoms with van der Waals surface area (Å²) in [6, 6.07) is 0. The van der Waals surface area contributed by atoms with Crippen LogP contribution in [0.25, 0.3) is 0 Å². The number of hydrazine groups is 3. The molecule has 0 radical (unpaired) electrons. The van der Waals surface area contributed by atoms with Crippen molar-refractivity contribution in [2.24, 2.45) is 11.7 Å². The second-order valence-corrected chi connectivity index (χ2v) is 4.65. The molecule has 0 unspecified atom stereocenters. The van der Waals surface area contributed by atoms with E-state index < -0.39 is 0 Å². The number of carbonyl (C=O) groups is 4. The highest BCUT2D eigenvalue weighted by atomic mass is 16.2. The van der Waals surface area contributed by atoms with E-state index in [4.69, 9.17) is 11.7 Å². The average Bonchev–Trinajstić information content (AvgIpc) is 2.52. The quantitative estimate of drug-likeness (QED) is 0.121. The van der Waals surface area contributed by atoms with Gasteiger partial charge in [-0.05, 0) is 25.7 Å². The zero-order valence-electron chi connectivity index (χ0n) is 12.4. The summed E-state index contributed by atoms with van der Waals surface area (Å²) >= 11 is 0. The molecule has 0 bridgehead atoms. The van der Waals surface area contributed by atoms with Crippen molar-refractivity contribution in [1.82, 2.24) is 21.7 Å². The zero-order chi connectivity index (χ0) is 16.8. The van der Waals surface area contributed by atoms with Crippen LogP contribution in [-0.2, 0) is 19.2 Å². The molecule has 0 atom stereocenters. The predicted octanol–water partition coefficient (Wildman–Crippen LogP) is -1.77. The molecule has 0 aliphatic carbocycles. The fourth-order valence-corrected chi connectivity index (χ4v) is 1.55. The van der Waals surface area contributed by atoms with Crippen molar-refractivity contribution in [3.63, 3.8) is 0 Å². The van der Waals surface area contributed by atoms with Crippen molar-refractivity contribution < 1.29 is 19.2 Å². The van der Waals surface area contributed by atoms with Crippen molar-refractivity contribution in [1.29, 1.82) is 0 Å². The maximum atomic E-state index is 11.4. The third-order valence-electron chi connectivity index (χ3n) is 2.78. The summed E-state index contributed by atoms with van der Waals surface area (Å²) in [5.41, 5.74) is 8.56. The van der Waals surface area contributed by atoms with Crippen LogP contribution in [0.3, 0.4) is 0 Å². The van der Waals surface area contributed by atoms with Gasteiger partial charge < -0.3 is 0 Å².